The van der Waals surface area contributed by atoms with Crippen LogP contribution in [0.15, 0.2) is 243 Å². The number of ketones is 1. The predicted molar refractivity (Wildman–Crippen MR) is 308 cm³/mol. The fourth-order valence-electron chi connectivity index (χ4n) is 9.96. The summed E-state index contributed by atoms with van der Waals surface area (Å²) in [6, 6.07) is 78.4. The molecule has 9 aromatic carbocycles. The Labute approximate surface area is 473 Å². The second-order valence-electron chi connectivity index (χ2n) is 20.1. The van der Waals surface area contributed by atoms with Crippen LogP contribution in [0.2, 0.25) is 0 Å². The van der Waals surface area contributed by atoms with Crippen molar-refractivity contribution in [2.45, 2.75) is 96.1 Å². The minimum Gasteiger partial charge on any atom is -0.489 e. The van der Waals surface area contributed by atoms with E-state index in [-0.39, 0.29) is 56.7 Å². The maximum atomic E-state index is 16.1. The van der Waals surface area contributed by atoms with Crippen molar-refractivity contribution in [3.05, 3.63) is 293 Å². The van der Waals surface area contributed by atoms with Crippen molar-refractivity contribution in [3.8, 4) is 28.7 Å². The molecule has 7 atom stereocenters. The molecule has 0 spiro atoms. The molecule has 0 saturated carbocycles. The number of carbonyl (C=O) groups excluding carboxylic acids is 1. The van der Waals surface area contributed by atoms with Gasteiger partial charge in [-0.25, -0.2) is 0 Å². The van der Waals surface area contributed by atoms with Crippen LogP contribution in [-0.2, 0) is 69.9 Å². The van der Waals surface area contributed by atoms with Gasteiger partial charge in [-0.3, -0.25) is 4.79 Å². The summed E-state index contributed by atoms with van der Waals surface area (Å²) in [7, 11) is 0. The molecule has 1 saturated heterocycles. The number of Topliss-reactive ketones (excluding diaryl/α,β-unsaturated/α-hetero) is 1. The summed E-state index contributed by atoms with van der Waals surface area (Å²) in [6.07, 6.45) is -6.61. The SMILES string of the molecule is CC1O[C@@H](O[C@H]2C(=O)c3c(OCc4ccccc4)cc(OCc4ccccc4)cc3O[C@@H]2c2ccc(OCc3ccccc3)c(OCc3ccccc3)c2)C(OCc2ccccc2)[C@H](OCc2ccccc2)[C@H]1OCc1ccccc1. The lowest BCUT2D eigenvalue weighted by molar-refractivity contribution is -0.328. The summed E-state index contributed by atoms with van der Waals surface area (Å²) in [5.41, 5.74) is 7.45. The van der Waals surface area contributed by atoms with Crippen LogP contribution in [0.4, 0.5) is 0 Å². The van der Waals surface area contributed by atoms with E-state index >= 15 is 4.79 Å². The lowest BCUT2D eigenvalue weighted by Gasteiger charge is -2.46. The molecule has 11 heteroatoms. The Balaban J connectivity index is 1.00. The molecule has 0 amide bonds. The number of hydrogen-bond acceptors (Lipinski definition) is 11. The van der Waals surface area contributed by atoms with Gasteiger partial charge in [0, 0.05) is 12.1 Å². The number of rotatable bonds is 24. The smallest absolute Gasteiger partial charge is 0.203 e. The third kappa shape index (κ3) is 14.3. The molecule has 2 aliphatic heterocycles. The van der Waals surface area contributed by atoms with Crippen molar-refractivity contribution >= 4 is 5.78 Å². The quantitative estimate of drug-likeness (QED) is 0.0577. The molecule has 0 radical (unpaired) electrons. The van der Waals surface area contributed by atoms with Gasteiger partial charge in [0.25, 0.3) is 0 Å². The van der Waals surface area contributed by atoms with Crippen molar-refractivity contribution in [1.82, 2.24) is 0 Å². The van der Waals surface area contributed by atoms with Gasteiger partial charge in [-0.2, -0.15) is 0 Å². The van der Waals surface area contributed by atoms with Gasteiger partial charge in [0.2, 0.25) is 5.78 Å². The highest BCUT2D eigenvalue weighted by atomic mass is 16.7. The Kier molecular flexibility index (Phi) is 18.2. The Morgan fingerprint density at radius 2 is 0.778 bits per heavy atom. The molecule has 11 rings (SSSR count). The third-order valence-electron chi connectivity index (χ3n) is 14.2. The van der Waals surface area contributed by atoms with E-state index in [1.54, 1.807) is 12.1 Å². The standard InChI is InChI=1S/C70H64O11/c1-49-65(76-46-54-31-17-6-18-32-54)68(77-47-55-33-19-7-20-34-55)69(78-48-56-35-21-8-22-36-56)70(79-49)81-67-64(71)63-61(75-45-53-29-15-5-16-30-53)40-58(72-42-50-23-9-2-10-24-50)41-62(63)80-66(67)57-37-38-59(73-43-51-25-11-3-12-26-51)60(39-57)74-44-52-27-13-4-14-28-52/h2-41,49,65-70H,42-48H2,1H3/t49?,65-,66+,67-,68+,69?,70-/m0/s1. The molecule has 9 aromatic rings. The maximum absolute atomic E-state index is 16.1. The lowest BCUT2D eigenvalue weighted by Crippen LogP contribution is -2.61. The number of ether oxygens (including phenoxy) is 10. The Morgan fingerprint density at radius 3 is 1.25 bits per heavy atom. The van der Waals surface area contributed by atoms with E-state index in [9.17, 15) is 0 Å². The highest BCUT2D eigenvalue weighted by Gasteiger charge is 2.51. The lowest BCUT2D eigenvalue weighted by atomic mass is 9.91. The fourth-order valence-corrected chi connectivity index (χ4v) is 9.96. The van der Waals surface area contributed by atoms with Crippen LogP contribution in [0, 0.1) is 0 Å². The molecular formula is C70H64O11. The van der Waals surface area contributed by atoms with Crippen molar-refractivity contribution in [1.29, 1.82) is 0 Å². The van der Waals surface area contributed by atoms with E-state index in [4.69, 9.17) is 47.4 Å². The van der Waals surface area contributed by atoms with Crippen LogP contribution < -0.4 is 23.7 Å². The third-order valence-corrected chi connectivity index (χ3v) is 14.2. The van der Waals surface area contributed by atoms with Crippen molar-refractivity contribution < 1.29 is 52.2 Å². The van der Waals surface area contributed by atoms with E-state index in [1.165, 1.54) is 0 Å². The van der Waals surface area contributed by atoms with Gasteiger partial charge in [-0.05, 0) is 63.6 Å². The molecule has 11 nitrogen and oxygen atoms in total. The molecule has 1 fully saturated rings. The van der Waals surface area contributed by atoms with Crippen molar-refractivity contribution in [3.63, 3.8) is 0 Å². The summed E-state index contributed by atoms with van der Waals surface area (Å²) in [5, 5.41) is 0. The van der Waals surface area contributed by atoms with Crippen LogP contribution >= 0.6 is 0 Å². The van der Waals surface area contributed by atoms with Gasteiger partial charge in [-0.1, -0.05) is 218 Å². The molecule has 0 aromatic heterocycles. The van der Waals surface area contributed by atoms with E-state index in [0.29, 0.717) is 29.4 Å². The van der Waals surface area contributed by atoms with Gasteiger partial charge in [0.1, 0.15) is 67.6 Å². The number of benzene rings is 9. The summed E-state index contributed by atoms with van der Waals surface area (Å²) < 4.78 is 68.4. The number of carbonyl (C=O) groups is 1. The molecule has 2 unspecified atom stereocenters. The van der Waals surface area contributed by atoms with Crippen molar-refractivity contribution in [2.75, 3.05) is 0 Å². The molecule has 81 heavy (non-hydrogen) atoms. The first kappa shape index (κ1) is 54.4. The first-order valence-electron chi connectivity index (χ1n) is 27.4. The zero-order valence-electron chi connectivity index (χ0n) is 45.1. The molecule has 2 aliphatic rings. The van der Waals surface area contributed by atoms with Gasteiger partial charge < -0.3 is 47.4 Å². The van der Waals surface area contributed by atoms with E-state index in [0.717, 1.165) is 38.9 Å². The number of fused-ring (bicyclic) bond motifs is 1. The monoisotopic (exact) mass is 1080 g/mol. The molecule has 0 N–H and O–H groups in total. The average molecular weight is 1080 g/mol. The zero-order valence-corrected chi connectivity index (χ0v) is 45.1. The van der Waals surface area contributed by atoms with Gasteiger partial charge in [-0.15, -0.1) is 0 Å². The summed E-state index contributed by atoms with van der Waals surface area (Å²) >= 11 is 0. The zero-order chi connectivity index (χ0) is 55.0. The number of hydrogen-bond donors (Lipinski definition) is 0. The minimum atomic E-state index is -1.36. The molecule has 0 bridgehead atoms. The highest BCUT2D eigenvalue weighted by molar-refractivity contribution is 6.06. The first-order valence-corrected chi connectivity index (χ1v) is 27.4. The van der Waals surface area contributed by atoms with Gasteiger partial charge >= 0.3 is 0 Å². The fraction of sp³-hybridized carbons (Fsp3) is 0.214. The van der Waals surface area contributed by atoms with Gasteiger partial charge in [0.15, 0.2) is 30.0 Å². The van der Waals surface area contributed by atoms with E-state index in [1.807, 2.05) is 237 Å². The Hall–Kier alpha value is -8.55. The topological polar surface area (TPSA) is 109 Å². The van der Waals surface area contributed by atoms with E-state index < -0.39 is 48.7 Å². The van der Waals surface area contributed by atoms with Crippen LogP contribution in [0.3, 0.4) is 0 Å². The average Bonchev–Trinajstić information content (AvgIpc) is 3.61. The summed E-state index contributed by atoms with van der Waals surface area (Å²) in [6.45, 7) is 3.60. The summed E-state index contributed by atoms with van der Waals surface area (Å²) in [4.78, 5) is 16.1. The molecular weight excluding hydrogens is 1020 g/mol. The van der Waals surface area contributed by atoms with Crippen LogP contribution in [0.1, 0.15) is 67.9 Å². The summed E-state index contributed by atoms with van der Waals surface area (Å²) in [5.74, 6) is 1.51. The van der Waals surface area contributed by atoms with Crippen LogP contribution in [0.25, 0.3) is 0 Å². The highest BCUT2D eigenvalue weighted by Crippen LogP contribution is 2.46. The molecule has 0 aliphatic carbocycles. The largest absolute Gasteiger partial charge is 0.489 e. The Bertz CT molecular complexity index is 3370. The minimum absolute atomic E-state index is 0.160. The normalized spacial score (nSPS) is 19.4. The molecule has 410 valence electrons. The van der Waals surface area contributed by atoms with Crippen LogP contribution in [-0.4, -0.2) is 42.6 Å². The van der Waals surface area contributed by atoms with Crippen molar-refractivity contribution in [2.24, 2.45) is 0 Å². The second-order valence-corrected chi connectivity index (χ2v) is 20.1. The van der Waals surface area contributed by atoms with Crippen LogP contribution in [0.5, 0.6) is 28.7 Å². The Morgan fingerprint density at radius 1 is 0.383 bits per heavy atom. The predicted octanol–water partition coefficient (Wildman–Crippen LogP) is 14.2. The second kappa shape index (κ2) is 27.1. The van der Waals surface area contributed by atoms with E-state index in [2.05, 4.69) is 0 Å². The van der Waals surface area contributed by atoms with Gasteiger partial charge in [0.05, 0.1) is 25.9 Å². The molecule has 2 heterocycles. The first-order chi connectivity index (χ1) is 40.0. The maximum Gasteiger partial charge on any atom is 0.203 e.